The molecule has 0 amide bonds. The van der Waals surface area contributed by atoms with E-state index in [1.165, 1.54) is 18.6 Å². The third-order valence-corrected chi connectivity index (χ3v) is 6.77. The second kappa shape index (κ2) is 7.55. The van der Waals surface area contributed by atoms with Crippen molar-refractivity contribution >= 4 is 38.1 Å². The van der Waals surface area contributed by atoms with Crippen LogP contribution in [-0.4, -0.2) is 33.1 Å². The second-order valence-electron chi connectivity index (χ2n) is 5.58. The largest absolute Gasteiger partial charge is 0.465 e. The molecule has 3 aromatic rings. The van der Waals surface area contributed by atoms with Gasteiger partial charge >= 0.3 is 5.97 Å². The fourth-order valence-corrected chi connectivity index (χ4v) is 4.83. The average molecular weight is 391 g/mol. The first-order valence-electron chi connectivity index (χ1n) is 7.74. The molecular formula is C18H17NO5S2. The Kier molecular flexibility index (Phi) is 5.38. The number of ether oxygens (including phenoxy) is 1. The molecule has 0 spiro atoms. The summed E-state index contributed by atoms with van der Waals surface area (Å²) in [5, 5.41) is 13.7. The van der Waals surface area contributed by atoms with Crippen molar-refractivity contribution in [3.8, 4) is 0 Å². The van der Waals surface area contributed by atoms with Crippen LogP contribution in [0, 0.1) is 0 Å². The molecule has 3 rings (SSSR count). The molecule has 1 heterocycles. The molecular weight excluding hydrogens is 374 g/mol. The van der Waals surface area contributed by atoms with Crippen molar-refractivity contribution in [3.05, 3.63) is 65.0 Å². The minimum atomic E-state index is -3.84. The molecule has 0 saturated carbocycles. The molecule has 0 aliphatic rings. The van der Waals surface area contributed by atoms with Gasteiger partial charge in [-0.15, -0.1) is 11.3 Å². The van der Waals surface area contributed by atoms with Crippen LogP contribution in [0.5, 0.6) is 0 Å². The van der Waals surface area contributed by atoms with Gasteiger partial charge in [0.05, 0.1) is 18.8 Å². The van der Waals surface area contributed by atoms with Crippen LogP contribution < -0.4 is 4.72 Å². The molecule has 2 N–H and O–H groups in total. The van der Waals surface area contributed by atoms with Crippen molar-refractivity contribution in [2.45, 2.75) is 10.3 Å². The lowest BCUT2D eigenvalue weighted by molar-refractivity contribution is 0.0601. The van der Waals surface area contributed by atoms with Crippen LogP contribution in [0.2, 0.25) is 0 Å². The number of carbonyl (C=O) groups is 1. The molecule has 0 radical (unpaired) electrons. The zero-order chi connectivity index (χ0) is 18.7. The summed E-state index contributed by atoms with van der Waals surface area (Å²) in [7, 11) is -2.61. The molecule has 0 fully saturated rings. The van der Waals surface area contributed by atoms with Crippen LogP contribution in [0.15, 0.2) is 58.1 Å². The normalized spacial score (nSPS) is 12.8. The van der Waals surface area contributed by atoms with Gasteiger partial charge < -0.3 is 9.84 Å². The standard InChI is InChI=1S/C18H17NO5S2/c1-24-18(21)13-9-17(25-11-13)26(22,23)19-10-16(20)15-8-4-6-12-5-2-3-7-14(12)15/h2-9,11,16,19-20H,10H2,1H3. The van der Waals surface area contributed by atoms with Gasteiger partial charge in [0.25, 0.3) is 0 Å². The fraction of sp³-hybridized carbons (Fsp3) is 0.167. The molecule has 1 aromatic heterocycles. The maximum Gasteiger partial charge on any atom is 0.338 e. The van der Waals surface area contributed by atoms with E-state index in [1.54, 1.807) is 6.07 Å². The predicted octanol–water partition coefficient (Wildman–Crippen LogP) is 2.70. The number of aliphatic hydroxyl groups is 1. The Hall–Kier alpha value is -2.26. The number of benzene rings is 2. The van der Waals surface area contributed by atoms with Crippen LogP contribution in [0.4, 0.5) is 0 Å². The van der Waals surface area contributed by atoms with E-state index < -0.39 is 22.1 Å². The smallest absolute Gasteiger partial charge is 0.338 e. The zero-order valence-corrected chi connectivity index (χ0v) is 15.5. The summed E-state index contributed by atoms with van der Waals surface area (Å²) in [5.74, 6) is -0.599. The summed E-state index contributed by atoms with van der Waals surface area (Å²) in [5.41, 5.74) is 0.819. The van der Waals surface area contributed by atoms with Crippen molar-refractivity contribution in [3.63, 3.8) is 0 Å². The van der Waals surface area contributed by atoms with Gasteiger partial charge in [-0.05, 0) is 22.4 Å². The Morgan fingerprint density at radius 3 is 2.73 bits per heavy atom. The van der Waals surface area contributed by atoms with Gasteiger partial charge in [-0.1, -0.05) is 42.5 Å². The molecule has 6 nitrogen and oxygen atoms in total. The summed E-state index contributed by atoms with van der Waals surface area (Å²) in [6, 6.07) is 14.3. The number of sulfonamides is 1. The second-order valence-corrected chi connectivity index (χ2v) is 8.49. The molecule has 26 heavy (non-hydrogen) atoms. The molecule has 1 unspecified atom stereocenters. The molecule has 0 saturated heterocycles. The van der Waals surface area contributed by atoms with E-state index in [1.807, 2.05) is 36.4 Å². The number of esters is 1. The van der Waals surface area contributed by atoms with Crippen molar-refractivity contribution < 1.29 is 23.1 Å². The molecule has 1 atom stereocenters. The minimum Gasteiger partial charge on any atom is -0.465 e. The number of hydrogen-bond acceptors (Lipinski definition) is 6. The van der Waals surface area contributed by atoms with Crippen LogP contribution in [-0.2, 0) is 14.8 Å². The summed E-state index contributed by atoms with van der Waals surface area (Å²) in [6.45, 7) is -0.179. The van der Waals surface area contributed by atoms with Crippen molar-refractivity contribution in [2.24, 2.45) is 0 Å². The van der Waals surface area contributed by atoms with Crippen molar-refractivity contribution in [1.29, 1.82) is 0 Å². The first kappa shape index (κ1) is 18.5. The van der Waals surface area contributed by atoms with E-state index in [-0.39, 0.29) is 16.3 Å². The summed E-state index contributed by atoms with van der Waals surface area (Å²) >= 11 is 0.917. The molecule has 8 heteroatoms. The molecule has 0 aliphatic heterocycles. The lowest BCUT2D eigenvalue weighted by Gasteiger charge is -2.14. The summed E-state index contributed by atoms with van der Waals surface area (Å²) in [4.78, 5) is 11.5. The summed E-state index contributed by atoms with van der Waals surface area (Å²) < 4.78 is 31.7. The highest BCUT2D eigenvalue weighted by Gasteiger charge is 2.21. The zero-order valence-electron chi connectivity index (χ0n) is 13.9. The van der Waals surface area contributed by atoms with Gasteiger partial charge in [0.15, 0.2) is 0 Å². The lowest BCUT2D eigenvalue weighted by atomic mass is 10.0. The maximum absolute atomic E-state index is 12.4. The number of hydrogen-bond donors (Lipinski definition) is 2. The number of nitrogens with one attached hydrogen (secondary N) is 1. The van der Waals surface area contributed by atoms with Gasteiger partial charge in [-0.25, -0.2) is 17.9 Å². The van der Waals surface area contributed by atoms with Gasteiger partial charge in [0.1, 0.15) is 4.21 Å². The quantitative estimate of drug-likeness (QED) is 0.630. The van der Waals surface area contributed by atoms with Crippen molar-refractivity contribution in [2.75, 3.05) is 13.7 Å². The Labute approximate surface area is 155 Å². The Morgan fingerprint density at radius 1 is 1.23 bits per heavy atom. The third-order valence-electron chi connectivity index (χ3n) is 3.91. The van der Waals surface area contributed by atoms with E-state index in [0.717, 1.165) is 22.1 Å². The number of carbonyl (C=O) groups excluding carboxylic acids is 1. The Bertz CT molecular complexity index is 1040. The first-order chi connectivity index (χ1) is 12.4. The number of methoxy groups -OCH3 is 1. The van der Waals surface area contributed by atoms with E-state index in [4.69, 9.17) is 0 Å². The highest BCUT2D eigenvalue weighted by atomic mass is 32.2. The van der Waals surface area contributed by atoms with Crippen LogP contribution >= 0.6 is 11.3 Å². The monoisotopic (exact) mass is 391 g/mol. The topological polar surface area (TPSA) is 92.7 Å². The Balaban J connectivity index is 1.77. The first-order valence-corrected chi connectivity index (χ1v) is 10.1. The van der Waals surface area contributed by atoms with Gasteiger partial charge in [-0.3, -0.25) is 0 Å². The highest BCUT2D eigenvalue weighted by Crippen LogP contribution is 2.25. The fourth-order valence-electron chi connectivity index (χ4n) is 2.59. The highest BCUT2D eigenvalue weighted by molar-refractivity contribution is 7.91. The van der Waals surface area contributed by atoms with E-state index >= 15 is 0 Å². The molecule has 0 aliphatic carbocycles. The van der Waals surface area contributed by atoms with E-state index in [9.17, 15) is 18.3 Å². The number of aliphatic hydroxyl groups excluding tert-OH is 1. The Morgan fingerprint density at radius 2 is 1.96 bits per heavy atom. The molecule has 136 valence electrons. The van der Waals surface area contributed by atoms with E-state index in [2.05, 4.69) is 9.46 Å². The van der Waals surface area contributed by atoms with Crippen LogP contribution in [0.1, 0.15) is 22.0 Å². The third kappa shape index (κ3) is 3.78. The van der Waals surface area contributed by atoms with E-state index in [0.29, 0.717) is 5.56 Å². The van der Waals surface area contributed by atoms with Crippen molar-refractivity contribution in [1.82, 2.24) is 4.72 Å². The molecule has 0 bridgehead atoms. The predicted molar refractivity (Wildman–Crippen MR) is 99.8 cm³/mol. The van der Waals surface area contributed by atoms with Gasteiger partial charge in [-0.2, -0.15) is 0 Å². The van der Waals surface area contributed by atoms with Gasteiger partial charge in [0.2, 0.25) is 10.0 Å². The van der Waals surface area contributed by atoms with Gasteiger partial charge in [0, 0.05) is 11.9 Å². The van der Waals surface area contributed by atoms with Crippen LogP contribution in [0.25, 0.3) is 10.8 Å². The lowest BCUT2D eigenvalue weighted by Crippen LogP contribution is -2.28. The SMILES string of the molecule is COC(=O)c1csc(S(=O)(=O)NCC(O)c2cccc3ccccc23)c1. The number of rotatable bonds is 6. The van der Waals surface area contributed by atoms with Crippen LogP contribution in [0.3, 0.4) is 0 Å². The number of thiophene rings is 1. The minimum absolute atomic E-state index is 0.0111. The maximum atomic E-state index is 12.4. The molecule has 2 aromatic carbocycles. The summed E-state index contributed by atoms with van der Waals surface area (Å²) in [6.07, 6.45) is -1.00. The number of fused-ring (bicyclic) bond motifs is 1. The average Bonchev–Trinajstić information content (AvgIpc) is 3.16.